The number of ether oxygens (including phenoxy) is 2. The van der Waals surface area contributed by atoms with Gasteiger partial charge in [-0.2, -0.15) is 0 Å². The molecule has 0 amide bonds. The molecule has 0 aliphatic heterocycles. The summed E-state index contributed by atoms with van der Waals surface area (Å²) in [7, 11) is 1.37. The smallest absolute Gasteiger partial charge is 0.337 e. The fourth-order valence-electron chi connectivity index (χ4n) is 2.89. The minimum Gasteiger partial charge on any atom is -0.465 e. The van der Waals surface area contributed by atoms with Gasteiger partial charge in [-0.25, -0.2) is 4.79 Å². The number of carbonyl (C=O) groups excluding carboxylic acids is 1. The Labute approximate surface area is 168 Å². The van der Waals surface area contributed by atoms with Gasteiger partial charge in [-0.1, -0.05) is 54.6 Å². The van der Waals surface area contributed by atoms with E-state index in [1.165, 1.54) is 7.11 Å². The van der Waals surface area contributed by atoms with Crippen LogP contribution in [0.5, 0.6) is 11.6 Å². The Balaban J connectivity index is 1.45. The normalized spacial score (nSPS) is 10.4. The number of esters is 1. The summed E-state index contributed by atoms with van der Waals surface area (Å²) in [5.74, 6) is 0.751. The third-order valence-electron chi connectivity index (χ3n) is 4.43. The van der Waals surface area contributed by atoms with Gasteiger partial charge in [0.05, 0.1) is 18.4 Å². The molecular formula is C24H18N2O3. The molecule has 0 aliphatic rings. The van der Waals surface area contributed by atoms with E-state index in [1.807, 2.05) is 72.8 Å². The summed E-state index contributed by atoms with van der Waals surface area (Å²) in [5.41, 5.74) is 4.34. The molecule has 0 aliphatic carbocycles. The minimum atomic E-state index is -0.348. The summed E-state index contributed by atoms with van der Waals surface area (Å²) < 4.78 is 10.5. The van der Waals surface area contributed by atoms with E-state index in [2.05, 4.69) is 10.2 Å². The topological polar surface area (TPSA) is 61.3 Å². The monoisotopic (exact) mass is 382 g/mol. The van der Waals surface area contributed by atoms with E-state index < -0.39 is 0 Å². The summed E-state index contributed by atoms with van der Waals surface area (Å²) in [6.07, 6.45) is 0. The largest absolute Gasteiger partial charge is 0.465 e. The van der Waals surface area contributed by atoms with Crippen molar-refractivity contribution < 1.29 is 14.3 Å². The van der Waals surface area contributed by atoms with Crippen molar-refractivity contribution in [2.24, 2.45) is 0 Å². The van der Waals surface area contributed by atoms with Crippen LogP contribution < -0.4 is 4.74 Å². The van der Waals surface area contributed by atoms with Crippen LogP contribution in [0.25, 0.3) is 22.4 Å². The molecule has 5 heteroatoms. The summed E-state index contributed by atoms with van der Waals surface area (Å²) in [6.45, 7) is 0. The molecule has 1 heterocycles. The maximum atomic E-state index is 11.5. The van der Waals surface area contributed by atoms with Gasteiger partial charge in [-0.05, 0) is 41.5 Å². The zero-order valence-corrected chi connectivity index (χ0v) is 15.8. The number of nitrogens with zero attached hydrogens (tertiary/aromatic N) is 2. The van der Waals surface area contributed by atoms with Gasteiger partial charge in [0.15, 0.2) is 0 Å². The van der Waals surface area contributed by atoms with Crippen molar-refractivity contribution in [3.05, 3.63) is 96.6 Å². The molecule has 0 fully saturated rings. The third-order valence-corrected chi connectivity index (χ3v) is 4.43. The summed E-state index contributed by atoms with van der Waals surface area (Å²) in [6, 6.07) is 28.5. The Morgan fingerprint density at radius 1 is 0.690 bits per heavy atom. The minimum absolute atomic E-state index is 0.348. The van der Waals surface area contributed by atoms with Gasteiger partial charge in [0.1, 0.15) is 5.75 Å². The number of carbonyl (C=O) groups is 1. The van der Waals surface area contributed by atoms with Crippen molar-refractivity contribution in [2.45, 2.75) is 0 Å². The van der Waals surface area contributed by atoms with E-state index in [0.717, 1.165) is 22.4 Å². The number of hydrogen-bond acceptors (Lipinski definition) is 5. The van der Waals surface area contributed by atoms with Crippen LogP contribution in [0.1, 0.15) is 10.4 Å². The molecular weight excluding hydrogens is 364 g/mol. The molecule has 4 aromatic rings. The van der Waals surface area contributed by atoms with E-state index in [-0.39, 0.29) is 5.97 Å². The molecule has 0 saturated carbocycles. The highest BCUT2D eigenvalue weighted by Gasteiger charge is 2.06. The van der Waals surface area contributed by atoms with Crippen molar-refractivity contribution >= 4 is 5.97 Å². The second kappa shape index (κ2) is 8.35. The molecule has 1 aromatic heterocycles. The Hall–Kier alpha value is -3.99. The molecule has 0 saturated heterocycles. The zero-order chi connectivity index (χ0) is 20.1. The van der Waals surface area contributed by atoms with Gasteiger partial charge < -0.3 is 9.47 Å². The first-order valence-electron chi connectivity index (χ1n) is 9.09. The van der Waals surface area contributed by atoms with Crippen LogP contribution in [0.4, 0.5) is 0 Å². The van der Waals surface area contributed by atoms with Crippen LogP contribution in [-0.2, 0) is 4.74 Å². The van der Waals surface area contributed by atoms with Crippen LogP contribution in [0, 0.1) is 0 Å². The molecule has 5 nitrogen and oxygen atoms in total. The highest BCUT2D eigenvalue weighted by Crippen LogP contribution is 2.26. The summed E-state index contributed by atoms with van der Waals surface area (Å²) in [5, 5.41) is 8.38. The maximum absolute atomic E-state index is 11.5. The van der Waals surface area contributed by atoms with Crippen LogP contribution in [-0.4, -0.2) is 23.3 Å². The molecule has 0 unspecified atom stereocenters. The van der Waals surface area contributed by atoms with E-state index in [9.17, 15) is 4.79 Å². The highest BCUT2D eigenvalue weighted by molar-refractivity contribution is 5.90. The Kier molecular flexibility index (Phi) is 5.29. The van der Waals surface area contributed by atoms with Crippen molar-refractivity contribution in [3.8, 4) is 34.0 Å². The Morgan fingerprint density at radius 2 is 1.34 bits per heavy atom. The number of rotatable bonds is 5. The maximum Gasteiger partial charge on any atom is 0.337 e. The molecule has 0 spiro atoms. The first-order chi connectivity index (χ1) is 14.2. The lowest BCUT2D eigenvalue weighted by molar-refractivity contribution is 0.0601. The average Bonchev–Trinajstić information content (AvgIpc) is 2.80. The van der Waals surface area contributed by atoms with Crippen LogP contribution >= 0.6 is 0 Å². The van der Waals surface area contributed by atoms with Gasteiger partial charge >= 0.3 is 5.97 Å². The van der Waals surface area contributed by atoms with Crippen molar-refractivity contribution in [1.29, 1.82) is 0 Å². The van der Waals surface area contributed by atoms with Crippen LogP contribution in [0.15, 0.2) is 91.0 Å². The van der Waals surface area contributed by atoms with E-state index in [4.69, 9.17) is 9.47 Å². The van der Waals surface area contributed by atoms with Crippen LogP contribution in [0.3, 0.4) is 0 Å². The lowest BCUT2D eigenvalue weighted by atomic mass is 10.0. The third kappa shape index (κ3) is 4.30. The quantitative estimate of drug-likeness (QED) is 0.433. The van der Waals surface area contributed by atoms with E-state index in [1.54, 1.807) is 18.2 Å². The Morgan fingerprint density at radius 3 is 1.93 bits per heavy atom. The summed E-state index contributed by atoms with van der Waals surface area (Å²) >= 11 is 0. The highest BCUT2D eigenvalue weighted by atomic mass is 16.5. The molecule has 29 heavy (non-hydrogen) atoms. The van der Waals surface area contributed by atoms with E-state index >= 15 is 0 Å². The average molecular weight is 382 g/mol. The molecule has 0 N–H and O–H groups in total. The van der Waals surface area contributed by atoms with Gasteiger partial charge in [0, 0.05) is 11.6 Å². The number of benzene rings is 3. The number of hydrogen-bond donors (Lipinski definition) is 0. The van der Waals surface area contributed by atoms with E-state index in [0.29, 0.717) is 17.2 Å². The fourth-order valence-corrected chi connectivity index (χ4v) is 2.89. The predicted molar refractivity (Wildman–Crippen MR) is 111 cm³/mol. The Bertz CT molecular complexity index is 1090. The zero-order valence-electron chi connectivity index (χ0n) is 15.8. The molecule has 3 aromatic carbocycles. The summed E-state index contributed by atoms with van der Waals surface area (Å²) in [4.78, 5) is 11.5. The molecule has 142 valence electrons. The number of aromatic nitrogens is 2. The van der Waals surface area contributed by atoms with Gasteiger partial charge in [0.25, 0.3) is 0 Å². The first kappa shape index (κ1) is 18.4. The van der Waals surface area contributed by atoms with Gasteiger partial charge in [-0.15, -0.1) is 10.2 Å². The van der Waals surface area contributed by atoms with Gasteiger partial charge in [0.2, 0.25) is 5.88 Å². The van der Waals surface area contributed by atoms with Crippen LogP contribution in [0.2, 0.25) is 0 Å². The molecule has 0 bridgehead atoms. The second-order valence-electron chi connectivity index (χ2n) is 6.32. The molecule has 0 atom stereocenters. The molecule has 4 rings (SSSR count). The number of methoxy groups -OCH3 is 1. The lowest BCUT2D eigenvalue weighted by Crippen LogP contribution is -2.00. The van der Waals surface area contributed by atoms with Crippen molar-refractivity contribution in [2.75, 3.05) is 7.11 Å². The standard InChI is InChI=1S/C24H18N2O3/c1-28-24(27)20-9-7-17(8-10-20)18-11-13-21(14-12-18)29-23-16-15-22(25-26-23)19-5-3-2-4-6-19/h2-16H,1H3. The lowest BCUT2D eigenvalue weighted by Gasteiger charge is -2.07. The van der Waals surface area contributed by atoms with Crippen molar-refractivity contribution in [3.63, 3.8) is 0 Å². The first-order valence-corrected chi connectivity index (χ1v) is 9.09. The van der Waals surface area contributed by atoms with Crippen molar-refractivity contribution in [1.82, 2.24) is 10.2 Å². The van der Waals surface area contributed by atoms with Gasteiger partial charge in [-0.3, -0.25) is 0 Å². The molecule has 0 radical (unpaired) electrons. The predicted octanol–water partition coefficient (Wildman–Crippen LogP) is 5.39. The second-order valence-corrected chi connectivity index (χ2v) is 6.32. The fraction of sp³-hybridized carbons (Fsp3) is 0.0417. The SMILES string of the molecule is COC(=O)c1ccc(-c2ccc(Oc3ccc(-c4ccccc4)nn3)cc2)cc1.